The van der Waals surface area contributed by atoms with E-state index in [9.17, 15) is 9.18 Å². The molecule has 1 heterocycles. The SMILES string of the molecule is CC(C)c1cc(-c2ccc(F)c(/C=C/C=O)c2)c(CO[Si](C)(C)C(C)(C)C)c(C(C)C)n1. The van der Waals surface area contributed by atoms with Crippen molar-refractivity contribution in [2.24, 2.45) is 0 Å². The predicted molar refractivity (Wildman–Crippen MR) is 135 cm³/mol. The van der Waals surface area contributed by atoms with Crippen molar-refractivity contribution >= 4 is 20.7 Å². The third kappa shape index (κ3) is 6.02. The number of nitrogens with zero attached hydrogens (tertiary/aromatic N) is 1. The zero-order chi connectivity index (χ0) is 24.3. The topological polar surface area (TPSA) is 39.2 Å². The molecule has 0 spiro atoms. The van der Waals surface area contributed by atoms with E-state index in [1.54, 1.807) is 12.1 Å². The third-order valence-corrected chi connectivity index (χ3v) is 10.8. The first-order chi connectivity index (χ1) is 14.8. The number of hydrogen-bond acceptors (Lipinski definition) is 3. The number of allylic oxidation sites excluding steroid dienone is 1. The Balaban J connectivity index is 2.72. The van der Waals surface area contributed by atoms with Crippen molar-refractivity contribution in [2.45, 2.75) is 85.0 Å². The Kier molecular flexibility index (Phi) is 8.35. The van der Waals surface area contributed by atoms with E-state index in [-0.39, 0.29) is 22.7 Å². The zero-order valence-electron chi connectivity index (χ0n) is 21.0. The van der Waals surface area contributed by atoms with Gasteiger partial charge in [0.2, 0.25) is 0 Å². The summed E-state index contributed by atoms with van der Waals surface area (Å²) in [6.07, 6.45) is 3.48. The molecule has 0 bridgehead atoms. The molecule has 0 fully saturated rings. The number of aldehydes is 1. The standard InChI is InChI=1S/C27H38FNO2Si/c1-18(2)25-16-22(20-12-13-24(28)21(15-20)11-10-14-30)23(26(29-25)19(3)4)17-31-32(8,9)27(5,6)7/h10-16,18-19H,17H2,1-9H3/b11-10+. The van der Waals surface area contributed by atoms with Crippen LogP contribution in [0.25, 0.3) is 17.2 Å². The van der Waals surface area contributed by atoms with Gasteiger partial charge in [0.15, 0.2) is 8.32 Å². The molecule has 5 heteroatoms. The molecule has 1 aromatic carbocycles. The average Bonchev–Trinajstić information content (AvgIpc) is 2.70. The van der Waals surface area contributed by atoms with Crippen molar-refractivity contribution in [3.8, 4) is 11.1 Å². The van der Waals surface area contributed by atoms with Crippen LogP contribution in [-0.4, -0.2) is 19.6 Å². The van der Waals surface area contributed by atoms with Crippen molar-refractivity contribution in [3.05, 3.63) is 58.7 Å². The van der Waals surface area contributed by atoms with E-state index >= 15 is 0 Å². The Morgan fingerprint density at radius 3 is 2.28 bits per heavy atom. The van der Waals surface area contributed by atoms with Gasteiger partial charge in [-0.05, 0) is 71.4 Å². The fourth-order valence-corrected chi connectivity index (χ4v) is 4.18. The number of halogens is 1. The lowest BCUT2D eigenvalue weighted by Crippen LogP contribution is -2.40. The number of carbonyl (C=O) groups excluding carboxylic acids is 1. The summed E-state index contributed by atoms with van der Waals surface area (Å²) >= 11 is 0. The fourth-order valence-electron chi connectivity index (χ4n) is 3.25. The minimum atomic E-state index is -1.98. The van der Waals surface area contributed by atoms with Gasteiger partial charge in [0, 0.05) is 22.5 Å². The molecule has 174 valence electrons. The molecule has 0 saturated carbocycles. The van der Waals surface area contributed by atoms with Crippen LogP contribution >= 0.6 is 0 Å². The summed E-state index contributed by atoms with van der Waals surface area (Å²) in [5.41, 5.74) is 5.41. The molecule has 2 rings (SSSR count). The number of carbonyl (C=O) groups is 1. The molecule has 32 heavy (non-hydrogen) atoms. The number of pyridine rings is 1. The van der Waals surface area contributed by atoms with Gasteiger partial charge in [0.05, 0.1) is 6.61 Å². The van der Waals surface area contributed by atoms with Crippen LogP contribution in [0.2, 0.25) is 18.1 Å². The van der Waals surface area contributed by atoms with E-state index in [1.165, 1.54) is 18.2 Å². The number of hydrogen-bond donors (Lipinski definition) is 0. The molecule has 0 radical (unpaired) electrons. The van der Waals surface area contributed by atoms with Crippen LogP contribution in [0, 0.1) is 5.82 Å². The summed E-state index contributed by atoms with van der Waals surface area (Å²) in [5.74, 6) is 0.130. The molecule has 0 aliphatic carbocycles. The van der Waals surface area contributed by atoms with Gasteiger partial charge in [-0.25, -0.2) is 4.39 Å². The van der Waals surface area contributed by atoms with Crippen molar-refractivity contribution in [1.29, 1.82) is 0 Å². The molecular weight excluding hydrogens is 417 g/mol. The Morgan fingerprint density at radius 1 is 1.09 bits per heavy atom. The molecule has 2 aromatic rings. The van der Waals surface area contributed by atoms with E-state index in [2.05, 4.69) is 67.6 Å². The van der Waals surface area contributed by atoms with Gasteiger partial charge in [-0.3, -0.25) is 9.78 Å². The maximum atomic E-state index is 14.4. The van der Waals surface area contributed by atoms with Gasteiger partial charge in [0.25, 0.3) is 0 Å². The smallest absolute Gasteiger partial charge is 0.192 e. The van der Waals surface area contributed by atoms with Crippen molar-refractivity contribution < 1.29 is 13.6 Å². The van der Waals surface area contributed by atoms with Crippen LogP contribution in [0.5, 0.6) is 0 Å². The second kappa shape index (κ2) is 10.2. The third-order valence-electron chi connectivity index (χ3n) is 6.36. The van der Waals surface area contributed by atoms with Gasteiger partial charge in [-0.15, -0.1) is 0 Å². The Morgan fingerprint density at radius 2 is 1.75 bits per heavy atom. The molecule has 1 aromatic heterocycles. The summed E-state index contributed by atoms with van der Waals surface area (Å²) in [7, 11) is -1.98. The van der Waals surface area contributed by atoms with Gasteiger partial charge in [-0.2, -0.15) is 0 Å². The minimum absolute atomic E-state index is 0.0964. The van der Waals surface area contributed by atoms with Crippen LogP contribution in [0.1, 0.15) is 82.8 Å². The normalized spacial score (nSPS) is 12.9. The van der Waals surface area contributed by atoms with Gasteiger partial charge in [0.1, 0.15) is 12.1 Å². The molecule has 0 N–H and O–H groups in total. The monoisotopic (exact) mass is 455 g/mol. The first-order valence-corrected chi connectivity index (χ1v) is 14.3. The van der Waals surface area contributed by atoms with Gasteiger partial charge >= 0.3 is 0 Å². The summed E-state index contributed by atoms with van der Waals surface area (Å²) in [6.45, 7) is 20.2. The molecule has 0 amide bonds. The fraction of sp³-hybridized carbons (Fsp3) is 0.481. The van der Waals surface area contributed by atoms with Crippen LogP contribution in [0.15, 0.2) is 30.3 Å². The van der Waals surface area contributed by atoms with E-state index in [0.29, 0.717) is 18.5 Å². The number of rotatable bonds is 8. The predicted octanol–water partition coefficient (Wildman–Crippen LogP) is 7.87. The lowest BCUT2D eigenvalue weighted by atomic mass is 9.91. The van der Waals surface area contributed by atoms with Crippen LogP contribution < -0.4 is 0 Å². The van der Waals surface area contributed by atoms with Crippen molar-refractivity contribution in [2.75, 3.05) is 0 Å². The number of aromatic nitrogens is 1. The van der Waals surface area contributed by atoms with Crippen LogP contribution in [-0.2, 0) is 15.8 Å². The second-order valence-electron chi connectivity index (χ2n) is 10.5. The maximum Gasteiger partial charge on any atom is 0.192 e. The lowest BCUT2D eigenvalue weighted by Gasteiger charge is -2.36. The van der Waals surface area contributed by atoms with Crippen LogP contribution in [0.4, 0.5) is 4.39 Å². The molecule has 0 unspecified atom stereocenters. The molecule has 0 aliphatic rings. The highest BCUT2D eigenvalue weighted by molar-refractivity contribution is 6.74. The zero-order valence-corrected chi connectivity index (χ0v) is 22.0. The van der Waals surface area contributed by atoms with Crippen LogP contribution in [0.3, 0.4) is 0 Å². The molecule has 0 saturated heterocycles. The summed E-state index contributed by atoms with van der Waals surface area (Å²) in [6, 6.07) is 7.17. The number of benzene rings is 1. The molecule has 0 atom stereocenters. The molecular formula is C27H38FNO2Si. The minimum Gasteiger partial charge on any atom is -0.412 e. The van der Waals surface area contributed by atoms with Crippen molar-refractivity contribution in [1.82, 2.24) is 4.98 Å². The lowest BCUT2D eigenvalue weighted by molar-refractivity contribution is -0.104. The Bertz CT molecular complexity index is 988. The first-order valence-electron chi connectivity index (χ1n) is 11.4. The largest absolute Gasteiger partial charge is 0.412 e. The highest BCUT2D eigenvalue weighted by Gasteiger charge is 2.37. The van der Waals surface area contributed by atoms with E-state index in [4.69, 9.17) is 9.41 Å². The van der Waals surface area contributed by atoms with Crippen molar-refractivity contribution in [3.63, 3.8) is 0 Å². The van der Waals surface area contributed by atoms with E-state index in [0.717, 1.165) is 28.1 Å². The highest BCUT2D eigenvalue weighted by Crippen LogP contribution is 2.39. The molecule has 0 aliphatic heterocycles. The second-order valence-corrected chi connectivity index (χ2v) is 15.4. The van der Waals surface area contributed by atoms with Gasteiger partial charge in [-0.1, -0.05) is 54.5 Å². The summed E-state index contributed by atoms with van der Waals surface area (Å²) in [5, 5.41) is 0.0964. The first kappa shape index (κ1) is 26.1. The maximum absolute atomic E-state index is 14.4. The summed E-state index contributed by atoms with van der Waals surface area (Å²) in [4.78, 5) is 15.8. The van der Waals surface area contributed by atoms with E-state index in [1.807, 2.05) is 0 Å². The molecule has 3 nitrogen and oxygen atoms in total. The quantitative estimate of drug-likeness (QED) is 0.231. The summed E-state index contributed by atoms with van der Waals surface area (Å²) < 4.78 is 21.0. The Hall–Kier alpha value is -2.11. The Labute approximate surface area is 194 Å². The van der Waals surface area contributed by atoms with E-state index < -0.39 is 8.32 Å². The van der Waals surface area contributed by atoms with Gasteiger partial charge < -0.3 is 4.43 Å². The average molecular weight is 456 g/mol. The highest BCUT2D eigenvalue weighted by atomic mass is 28.4.